The Kier molecular flexibility index (Phi) is 5.81. The van der Waals surface area contributed by atoms with E-state index in [-0.39, 0.29) is 17.3 Å². The number of hydrogen-bond acceptors (Lipinski definition) is 2. The molecular weight excluding hydrogens is 380 g/mol. The van der Waals surface area contributed by atoms with Gasteiger partial charge < -0.3 is 15.3 Å². The highest BCUT2D eigenvalue weighted by Gasteiger charge is 2.18. The zero-order chi connectivity index (χ0) is 14.6. The highest BCUT2D eigenvalue weighted by molar-refractivity contribution is 9.11. The molecule has 104 valence electrons. The Morgan fingerprint density at radius 3 is 2.32 bits per heavy atom. The minimum Gasteiger partial charge on any atom is -0.478 e. The zero-order valence-corrected chi connectivity index (χ0v) is 13.7. The summed E-state index contributed by atoms with van der Waals surface area (Å²) in [5, 5.41) is 11.8. The Labute approximate surface area is 128 Å². The molecule has 1 rings (SSSR count). The second-order valence-corrected chi connectivity index (χ2v) is 5.49. The second kappa shape index (κ2) is 6.91. The molecule has 0 spiro atoms. The quantitative estimate of drug-likeness (QED) is 0.817. The van der Waals surface area contributed by atoms with Gasteiger partial charge in [0.25, 0.3) is 0 Å². The van der Waals surface area contributed by atoms with Gasteiger partial charge in [-0.2, -0.15) is 0 Å². The highest BCUT2D eigenvalue weighted by Crippen LogP contribution is 2.31. The average Bonchev–Trinajstić information content (AvgIpc) is 2.33. The van der Waals surface area contributed by atoms with Crippen molar-refractivity contribution in [3.8, 4) is 0 Å². The lowest BCUT2D eigenvalue weighted by Gasteiger charge is -2.20. The maximum Gasteiger partial charge on any atom is 0.337 e. The Morgan fingerprint density at radius 2 is 1.84 bits per heavy atom. The number of nitrogens with zero attached hydrogens (tertiary/aromatic N) is 1. The minimum absolute atomic E-state index is 0.0294. The lowest BCUT2D eigenvalue weighted by atomic mass is 10.2. The summed E-state index contributed by atoms with van der Waals surface area (Å²) in [6.45, 7) is 4.83. The third-order valence-electron chi connectivity index (χ3n) is 2.57. The average molecular weight is 394 g/mol. The van der Waals surface area contributed by atoms with Crippen LogP contribution in [0.5, 0.6) is 0 Å². The van der Waals surface area contributed by atoms with Crippen LogP contribution >= 0.6 is 31.9 Å². The number of aromatic carboxylic acids is 1. The van der Waals surface area contributed by atoms with E-state index in [1.807, 2.05) is 13.8 Å². The number of hydrogen-bond donors (Lipinski definition) is 2. The number of carboxylic acid groups (broad SMARTS) is 1. The zero-order valence-electron chi connectivity index (χ0n) is 10.5. The van der Waals surface area contributed by atoms with Gasteiger partial charge >= 0.3 is 12.0 Å². The van der Waals surface area contributed by atoms with Crippen molar-refractivity contribution in [2.75, 3.05) is 18.4 Å². The number of carbonyl (C=O) groups excluding carboxylic acids is 1. The number of urea groups is 1. The first-order valence-electron chi connectivity index (χ1n) is 5.68. The largest absolute Gasteiger partial charge is 0.478 e. The topological polar surface area (TPSA) is 69.6 Å². The Balaban J connectivity index is 3.13. The van der Waals surface area contributed by atoms with E-state index < -0.39 is 5.97 Å². The third kappa shape index (κ3) is 3.94. The Bertz CT molecular complexity index is 502. The van der Waals surface area contributed by atoms with Crippen LogP contribution < -0.4 is 5.32 Å². The molecular formula is C12H14Br2N2O3. The van der Waals surface area contributed by atoms with E-state index in [0.29, 0.717) is 22.0 Å². The molecule has 5 nitrogen and oxygen atoms in total. The number of nitrogens with one attached hydrogen (secondary N) is 1. The van der Waals surface area contributed by atoms with Crippen LogP contribution in [0.4, 0.5) is 10.5 Å². The van der Waals surface area contributed by atoms with Crippen molar-refractivity contribution in [3.63, 3.8) is 0 Å². The monoisotopic (exact) mass is 392 g/mol. The summed E-state index contributed by atoms with van der Waals surface area (Å²) in [4.78, 5) is 24.8. The summed E-state index contributed by atoms with van der Waals surface area (Å²) in [5.41, 5.74) is 0.286. The predicted octanol–water partition coefficient (Wildman–Crippen LogP) is 3.78. The SMILES string of the molecule is CCN(CC)C(=O)Nc1c(Br)cc(Br)cc1C(=O)O. The molecule has 0 bridgehead atoms. The Hall–Kier alpha value is -1.08. The van der Waals surface area contributed by atoms with Crippen molar-refractivity contribution < 1.29 is 14.7 Å². The van der Waals surface area contributed by atoms with Gasteiger partial charge in [-0.25, -0.2) is 9.59 Å². The highest BCUT2D eigenvalue weighted by atomic mass is 79.9. The fourth-order valence-electron chi connectivity index (χ4n) is 1.57. The standard InChI is InChI=1S/C12H14Br2N2O3/c1-3-16(4-2)12(19)15-10-8(11(17)18)5-7(13)6-9(10)14/h5-6H,3-4H2,1-2H3,(H,15,19)(H,17,18). The molecule has 1 aromatic rings. The smallest absolute Gasteiger partial charge is 0.337 e. The molecule has 0 heterocycles. The molecule has 2 N–H and O–H groups in total. The molecule has 0 radical (unpaired) electrons. The molecule has 0 aliphatic rings. The van der Waals surface area contributed by atoms with Gasteiger partial charge in [-0.1, -0.05) is 15.9 Å². The number of anilines is 1. The molecule has 0 saturated heterocycles. The minimum atomic E-state index is -1.10. The number of carboxylic acids is 1. The summed E-state index contributed by atoms with van der Waals surface area (Å²) >= 11 is 6.48. The summed E-state index contributed by atoms with van der Waals surface area (Å²) in [6, 6.07) is 2.81. The first kappa shape index (κ1) is 16.0. The first-order chi connectivity index (χ1) is 8.90. The van der Waals surface area contributed by atoms with Gasteiger partial charge in [-0.05, 0) is 41.9 Å². The molecule has 0 aliphatic carbocycles. The van der Waals surface area contributed by atoms with Crippen molar-refractivity contribution >= 4 is 49.5 Å². The summed E-state index contributed by atoms with van der Waals surface area (Å²) < 4.78 is 1.14. The van der Waals surface area contributed by atoms with Gasteiger partial charge in [0.05, 0.1) is 11.3 Å². The lowest BCUT2D eigenvalue weighted by molar-refractivity contribution is 0.0698. The number of halogens is 2. The lowest BCUT2D eigenvalue weighted by Crippen LogP contribution is -2.35. The van der Waals surface area contributed by atoms with E-state index in [4.69, 9.17) is 0 Å². The molecule has 2 amide bonds. The normalized spacial score (nSPS) is 10.1. The van der Waals surface area contributed by atoms with Gasteiger partial charge in [-0.15, -0.1) is 0 Å². The van der Waals surface area contributed by atoms with Crippen LogP contribution in [0.3, 0.4) is 0 Å². The van der Waals surface area contributed by atoms with E-state index >= 15 is 0 Å². The van der Waals surface area contributed by atoms with Crippen molar-refractivity contribution in [3.05, 3.63) is 26.6 Å². The van der Waals surface area contributed by atoms with Gasteiger partial charge in [0.2, 0.25) is 0 Å². The molecule has 0 aliphatic heterocycles. The molecule has 7 heteroatoms. The molecule has 0 fully saturated rings. The van der Waals surface area contributed by atoms with E-state index in [2.05, 4.69) is 37.2 Å². The summed E-state index contributed by atoms with van der Waals surface area (Å²) in [7, 11) is 0. The van der Waals surface area contributed by atoms with Crippen molar-refractivity contribution in [1.29, 1.82) is 0 Å². The van der Waals surface area contributed by atoms with Crippen LogP contribution in [0, 0.1) is 0 Å². The van der Waals surface area contributed by atoms with Crippen molar-refractivity contribution in [1.82, 2.24) is 4.90 Å². The van der Waals surface area contributed by atoms with E-state index in [1.54, 1.807) is 11.0 Å². The van der Waals surface area contributed by atoms with Crippen LogP contribution in [-0.4, -0.2) is 35.1 Å². The van der Waals surface area contributed by atoms with Crippen LogP contribution in [0.1, 0.15) is 24.2 Å². The van der Waals surface area contributed by atoms with Gasteiger partial charge in [0.1, 0.15) is 0 Å². The maximum atomic E-state index is 12.0. The number of benzene rings is 1. The van der Waals surface area contributed by atoms with E-state index in [0.717, 1.165) is 0 Å². The molecule has 0 atom stereocenters. The van der Waals surface area contributed by atoms with Crippen LogP contribution in [0.25, 0.3) is 0 Å². The van der Waals surface area contributed by atoms with Crippen LogP contribution in [-0.2, 0) is 0 Å². The summed E-state index contributed by atoms with van der Waals surface area (Å²) in [5.74, 6) is -1.10. The Morgan fingerprint density at radius 1 is 1.26 bits per heavy atom. The second-order valence-electron chi connectivity index (χ2n) is 3.72. The molecule has 19 heavy (non-hydrogen) atoms. The first-order valence-corrected chi connectivity index (χ1v) is 7.27. The van der Waals surface area contributed by atoms with Crippen LogP contribution in [0.15, 0.2) is 21.1 Å². The molecule has 0 unspecified atom stereocenters. The predicted molar refractivity (Wildman–Crippen MR) is 80.7 cm³/mol. The van der Waals surface area contributed by atoms with Crippen molar-refractivity contribution in [2.24, 2.45) is 0 Å². The summed E-state index contributed by atoms with van der Waals surface area (Å²) in [6.07, 6.45) is 0. The molecule has 0 aromatic heterocycles. The van der Waals surface area contributed by atoms with E-state index in [9.17, 15) is 14.7 Å². The number of carbonyl (C=O) groups is 2. The molecule has 1 aromatic carbocycles. The fraction of sp³-hybridized carbons (Fsp3) is 0.333. The number of amides is 2. The van der Waals surface area contributed by atoms with Gasteiger partial charge in [0, 0.05) is 22.0 Å². The number of rotatable bonds is 4. The van der Waals surface area contributed by atoms with Crippen LogP contribution in [0.2, 0.25) is 0 Å². The van der Waals surface area contributed by atoms with Gasteiger partial charge in [-0.3, -0.25) is 0 Å². The molecule has 0 saturated carbocycles. The fourth-order valence-corrected chi connectivity index (χ4v) is 2.89. The van der Waals surface area contributed by atoms with Crippen molar-refractivity contribution in [2.45, 2.75) is 13.8 Å². The van der Waals surface area contributed by atoms with E-state index in [1.165, 1.54) is 6.07 Å². The maximum absolute atomic E-state index is 12.0. The van der Waals surface area contributed by atoms with Gasteiger partial charge in [0.15, 0.2) is 0 Å². The third-order valence-corrected chi connectivity index (χ3v) is 3.65.